The van der Waals surface area contributed by atoms with E-state index < -0.39 is 17.8 Å². The number of rotatable bonds is 7. The Labute approximate surface area is 139 Å². The van der Waals surface area contributed by atoms with Gasteiger partial charge in [-0.3, -0.25) is 14.9 Å². The summed E-state index contributed by atoms with van der Waals surface area (Å²) in [7, 11) is 4.25. The van der Waals surface area contributed by atoms with Crippen molar-refractivity contribution in [1.82, 2.24) is 5.32 Å². The zero-order valence-corrected chi connectivity index (χ0v) is 13.9. The maximum Gasteiger partial charge on any atom is 0.330 e. The van der Waals surface area contributed by atoms with E-state index in [1.54, 1.807) is 6.92 Å². The van der Waals surface area contributed by atoms with Gasteiger partial charge in [0.1, 0.15) is 0 Å². The fourth-order valence-corrected chi connectivity index (χ4v) is 1.77. The first-order valence-corrected chi connectivity index (χ1v) is 6.96. The van der Waals surface area contributed by atoms with E-state index in [1.165, 1.54) is 33.5 Å². The van der Waals surface area contributed by atoms with Crippen molar-refractivity contribution in [3.63, 3.8) is 0 Å². The molecule has 1 N–H and O–H groups in total. The SMILES string of the molecule is CCOC(=O)/C=C/C(=O)NC(=O)c1cc(OC)c(OC)c(OC)c1. The number of methoxy groups -OCH3 is 3. The molecule has 1 aromatic rings. The number of amides is 2. The minimum absolute atomic E-state index is 0.127. The highest BCUT2D eigenvalue weighted by Gasteiger charge is 2.17. The molecule has 0 saturated heterocycles. The smallest absolute Gasteiger partial charge is 0.330 e. The van der Waals surface area contributed by atoms with Gasteiger partial charge in [-0.15, -0.1) is 0 Å². The fraction of sp³-hybridized carbons (Fsp3) is 0.312. The molecule has 0 radical (unpaired) electrons. The Morgan fingerprint density at radius 3 is 2.04 bits per heavy atom. The zero-order valence-electron chi connectivity index (χ0n) is 13.9. The first-order chi connectivity index (χ1) is 11.5. The van der Waals surface area contributed by atoms with Gasteiger partial charge >= 0.3 is 5.97 Å². The average Bonchev–Trinajstić information content (AvgIpc) is 2.58. The molecular formula is C16H19NO7. The normalized spacial score (nSPS) is 10.2. The van der Waals surface area contributed by atoms with Crippen LogP contribution in [0.5, 0.6) is 17.2 Å². The fourth-order valence-electron chi connectivity index (χ4n) is 1.77. The molecule has 1 rings (SSSR count). The van der Waals surface area contributed by atoms with Gasteiger partial charge in [0.25, 0.3) is 11.8 Å². The first kappa shape index (κ1) is 19.0. The van der Waals surface area contributed by atoms with Crippen molar-refractivity contribution >= 4 is 17.8 Å². The van der Waals surface area contributed by atoms with E-state index in [9.17, 15) is 14.4 Å². The van der Waals surface area contributed by atoms with Crippen LogP contribution in [0.25, 0.3) is 0 Å². The first-order valence-electron chi connectivity index (χ1n) is 6.96. The molecule has 24 heavy (non-hydrogen) atoms. The van der Waals surface area contributed by atoms with Gasteiger partial charge < -0.3 is 18.9 Å². The third-order valence-corrected chi connectivity index (χ3v) is 2.82. The highest BCUT2D eigenvalue weighted by molar-refractivity contribution is 6.09. The predicted octanol–water partition coefficient (Wildman–Crippen LogP) is 1.09. The van der Waals surface area contributed by atoms with Crippen LogP contribution in [0.1, 0.15) is 17.3 Å². The van der Waals surface area contributed by atoms with Crippen LogP contribution in [0.3, 0.4) is 0 Å². The van der Waals surface area contributed by atoms with E-state index in [0.29, 0.717) is 5.75 Å². The highest BCUT2D eigenvalue weighted by Crippen LogP contribution is 2.38. The average molecular weight is 337 g/mol. The van der Waals surface area contributed by atoms with Gasteiger partial charge in [-0.1, -0.05) is 0 Å². The van der Waals surface area contributed by atoms with Crippen LogP contribution in [-0.4, -0.2) is 45.7 Å². The minimum atomic E-state index is -0.762. The second-order valence-electron chi connectivity index (χ2n) is 4.32. The molecule has 2 amide bonds. The van der Waals surface area contributed by atoms with Crippen LogP contribution in [0, 0.1) is 0 Å². The second kappa shape index (κ2) is 9.19. The van der Waals surface area contributed by atoms with Crippen molar-refractivity contribution in [2.45, 2.75) is 6.92 Å². The van der Waals surface area contributed by atoms with E-state index in [-0.39, 0.29) is 23.7 Å². The third kappa shape index (κ3) is 5.01. The van der Waals surface area contributed by atoms with Gasteiger partial charge in [0.15, 0.2) is 11.5 Å². The molecule has 0 atom stereocenters. The standard InChI is InChI=1S/C16H19NO7/c1-5-24-14(19)7-6-13(18)17-16(20)10-8-11(21-2)15(23-4)12(9-10)22-3/h6-9H,5H2,1-4H3,(H,17,18,20)/b7-6+. The number of carbonyl (C=O) groups excluding carboxylic acids is 3. The third-order valence-electron chi connectivity index (χ3n) is 2.82. The van der Waals surface area contributed by atoms with Crippen molar-refractivity contribution in [3.05, 3.63) is 29.8 Å². The molecule has 0 fully saturated rings. The molecule has 0 heterocycles. The van der Waals surface area contributed by atoms with Crippen LogP contribution >= 0.6 is 0 Å². The van der Waals surface area contributed by atoms with Gasteiger partial charge in [0, 0.05) is 17.7 Å². The number of esters is 1. The summed E-state index contributed by atoms with van der Waals surface area (Å²) in [6, 6.07) is 2.80. The summed E-state index contributed by atoms with van der Waals surface area (Å²) in [6.07, 6.45) is 1.84. The summed E-state index contributed by atoms with van der Waals surface area (Å²) in [5, 5.41) is 2.11. The van der Waals surface area contributed by atoms with E-state index in [2.05, 4.69) is 10.1 Å². The Morgan fingerprint density at radius 2 is 1.58 bits per heavy atom. The lowest BCUT2D eigenvalue weighted by molar-refractivity contribution is -0.137. The van der Waals surface area contributed by atoms with Crippen LogP contribution in [0.4, 0.5) is 0 Å². The van der Waals surface area contributed by atoms with E-state index in [1.807, 2.05) is 0 Å². The number of carbonyl (C=O) groups is 3. The Hall–Kier alpha value is -3.03. The van der Waals surface area contributed by atoms with Gasteiger partial charge in [0.2, 0.25) is 5.75 Å². The largest absolute Gasteiger partial charge is 0.493 e. The van der Waals surface area contributed by atoms with Crippen molar-refractivity contribution in [2.24, 2.45) is 0 Å². The maximum absolute atomic E-state index is 12.1. The topological polar surface area (TPSA) is 100 Å². The van der Waals surface area contributed by atoms with E-state index >= 15 is 0 Å². The molecule has 0 aromatic heterocycles. The van der Waals surface area contributed by atoms with Gasteiger partial charge in [0.05, 0.1) is 27.9 Å². The molecule has 0 unspecified atom stereocenters. The van der Waals surface area contributed by atoms with Gasteiger partial charge in [-0.25, -0.2) is 4.79 Å². The van der Waals surface area contributed by atoms with Gasteiger partial charge in [-0.05, 0) is 19.1 Å². The van der Waals surface area contributed by atoms with Crippen LogP contribution in [-0.2, 0) is 14.3 Å². The van der Waals surface area contributed by atoms with Crippen molar-refractivity contribution in [3.8, 4) is 17.2 Å². The quantitative estimate of drug-likeness (QED) is 0.587. The molecule has 8 nitrogen and oxygen atoms in total. The number of imide groups is 1. The Morgan fingerprint density at radius 1 is 1.00 bits per heavy atom. The van der Waals surface area contributed by atoms with Crippen LogP contribution in [0.15, 0.2) is 24.3 Å². The second-order valence-corrected chi connectivity index (χ2v) is 4.32. The van der Waals surface area contributed by atoms with Gasteiger partial charge in [-0.2, -0.15) is 0 Å². The van der Waals surface area contributed by atoms with E-state index in [4.69, 9.17) is 14.2 Å². The lowest BCUT2D eigenvalue weighted by Crippen LogP contribution is -2.29. The summed E-state index contributed by atoms with van der Waals surface area (Å²) >= 11 is 0. The number of hydrogen-bond acceptors (Lipinski definition) is 7. The lowest BCUT2D eigenvalue weighted by Gasteiger charge is -2.13. The van der Waals surface area contributed by atoms with Crippen LogP contribution in [0.2, 0.25) is 0 Å². The van der Waals surface area contributed by atoms with E-state index in [0.717, 1.165) is 12.2 Å². The number of benzene rings is 1. The number of nitrogens with one attached hydrogen (secondary N) is 1. The Balaban J connectivity index is 2.91. The molecule has 0 bridgehead atoms. The molecule has 8 heteroatoms. The molecule has 0 spiro atoms. The lowest BCUT2D eigenvalue weighted by atomic mass is 10.1. The molecule has 130 valence electrons. The number of ether oxygens (including phenoxy) is 4. The molecule has 0 saturated carbocycles. The highest BCUT2D eigenvalue weighted by atomic mass is 16.5. The van der Waals surface area contributed by atoms with Crippen molar-refractivity contribution in [2.75, 3.05) is 27.9 Å². The Bertz CT molecular complexity index is 627. The summed E-state index contributed by atoms with van der Waals surface area (Å²) in [5.41, 5.74) is 0.127. The predicted molar refractivity (Wildman–Crippen MR) is 84.3 cm³/mol. The summed E-state index contributed by atoms with van der Waals surface area (Å²) in [6.45, 7) is 1.83. The minimum Gasteiger partial charge on any atom is -0.493 e. The Kier molecular flexibility index (Phi) is 7.28. The molecule has 1 aromatic carbocycles. The molecule has 0 aliphatic carbocycles. The summed E-state index contributed by atoms with van der Waals surface area (Å²) in [4.78, 5) is 34.9. The maximum atomic E-state index is 12.1. The molecule has 0 aliphatic rings. The van der Waals surface area contributed by atoms with Crippen LogP contribution < -0.4 is 19.5 Å². The van der Waals surface area contributed by atoms with Crippen molar-refractivity contribution in [1.29, 1.82) is 0 Å². The number of hydrogen-bond donors (Lipinski definition) is 1. The van der Waals surface area contributed by atoms with Crippen molar-refractivity contribution < 1.29 is 33.3 Å². The molecule has 0 aliphatic heterocycles. The summed E-state index contributed by atoms with van der Waals surface area (Å²) in [5.74, 6) is -1.25. The zero-order chi connectivity index (χ0) is 18.1. The molecular weight excluding hydrogens is 318 g/mol. The summed E-state index contributed by atoms with van der Waals surface area (Å²) < 4.78 is 20.1. The monoisotopic (exact) mass is 337 g/mol.